The summed E-state index contributed by atoms with van der Waals surface area (Å²) < 4.78 is 0. The van der Waals surface area contributed by atoms with Gasteiger partial charge in [-0.2, -0.15) is 5.10 Å². The van der Waals surface area contributed by atoms with E-state index in [0.717, 1.165) is 11.1 Å². The topological polar surface area (TPSA) is 61.7 Å². The molecule has 0 aliphatic heterocycles. The Bertz CT molecular complexity index is 617. The maximum Gasteiger partial charge on any atom is 0.264 e. The minimum Gasteiger partial charge on any atom is -0.508 e. The number of amides is 1. The summed E-state index contributed by atoms with van der Waals surface area (Å²) in [5.74, 6) is -0.110. The highest BCUT2D eigenvalue weighted by Crippen LogP contribution is 2.07. The van der Waals surface area contributed by atoms with Crippen molar-refractivity contribution in [1.82, 2.24) is 5.43 Å². The van der Waals surface area contributed by atoms with Crippen LogP contribution in [0.15, 0.2) is 65.8 Å². The first-order valence-corrected chi connectivity index (χ1v) is 6.09. The van der Waals surface area contributed by atoms with Crippen LogP contribution in [0.3, 0.4) is 0 Å². The number of rotatable bonds is 4. The molecule has 0 spiro atoms. The van der Waals surface area contributed by atoms with Gasteiger partial charge in [-0.25, -0.2) is 5.43 Å². The van der Waals surface area contributed by atoms with Gasteiger partial charge in [-0.1, -0.05) is 30.3 Å². The number of nitrogens with one attached hydrogen (secondary N) is 1. The van der Waals surface area contributed by atoms with Crippen LogP contribution in [0.2, 0.25) is 0 Å². The molecule has 0 fully saturated rings. The lowest BCUT2D eigenvalue weighted by Crippen LogP contribution is -2.14. The molecule has 0 heterocycles. The molecule has 4 nitrogen and oxygen atoms in total. The summed E-state index contributed by atoms with van der Waals surface area (Å²) in [6.07, 6.45) is 4.64. The van der Waals surface area contributed by atoms with Gasteiger partial charge in [0.2, 0.25) is 0 Å². The molecule has 2 rings (SSSR count). The summed E-state index contributed by atoms with van der Waals surface area (Å²) >= 11 is 0. The van der Waals surface area contributed by atoms with E-state index in [2.05, 4.69) is 10.5 Å². The molecule has 0 aliphatic carbocycles. The lowest BCUT2D eigenvalue weighted by molar-refractivity contribution is -0.116. The number of hydrazone groups is 1. The van der Waals surface area contributed by atoms with Crippen LogP contribution in [0, 0.1) is 0 Å². The Labute approximate surface area is 117 Å². The predicted molar refractivity (Wildman–Crippen MR) is 79.3 cm³/mol. The molecule has 20 heavy (non-hydrogen) atoms. The minimum atomic E-state index is -0.302. The number of nitrogens with zero attached hydrogens (tertiary/aromatic N) is 1. The van der Waals surface area contributed by atoms with Gasteiger partial charge in [-0.15, -0.1) is 0 Å². The summed E-state index contributed by atoms with van der Waals surface area (Å²) in [7, 11) is 0. The van der Waals surface area contributed by atoms with Gasteiger partial charge < -0.3 is 5.11 Å². The molecule has 0 atom stereocenters. The van der Waals surface area contributed by atoms with Gasteiger partial charge in [0.05, 0.1) is 6.21 Å². The number of hydrogen-bond acceptors (Lipinski definition) is 3. The van der Waals surface area contributed by atoms with Gasteiger partial charge in [0.1, 0.15) is 5.75 Å². The number of benzene rings is 2. The SMILES string of the molecule is O=C(/C=C/c1ccccc1)N/N=C/c1ccc(O)cc1. The van der Waals surface area contributed by atoms with E-state index in [1.165, 1.54) is 12.3 Å². The third-order valence-electron chi connectivity index (χ3n) is 2.51. The predicted octanol–water partition coefficient (Wildman–Crippen LogP) is 2.56. The molecule has 0 bridgehead atoms. The Balaban J connectivity index is 1.86. The maximum atomic E-state index is 11.5. The smallest absolute Gasteiger partial charge is 0.264 e. The first kappa shape index (κ1) is 13.5. The average molecular weight is 266 g/mol. The second kappa shape index (κ2) is 6.89. The summed E-state index contributed by atoms with van der Waals surface area (Å²) in [5, 5.41) is 13.0. The lowest BCUT2D eigenvalue weighted by Gasteiger charge is -1.95. The molecular formula is C16H14N2O2. The van der Waals surface area contributed by atoms with E-state index < -0.39 is 0 Å². The molecule has 0 aromatic heterocycles. The summed E-state index contributed by atoms with van der Waals surface area (Å²) in [6.45, 7) is 0. The van der Waals surface area contributed by atoms with E-state index in [-0.39, 0.29) is 11.7 Å². The molecule has 100 valence electrons. The number of phenols is 1. The Morgan fingerprint density at radius 1 is 1.00 bits per heavy atom. The normalized spacial score (nSPS) is 11.0. The van der Waals surface area contributed by atoms with E-state index >= 15 is 0 Å². The first-order valence-electron chi connectivity index (χ1n) is 6.09. The van der Waals surface area contributed by atoms with Crippen molar-refractivity contribution in [1.29, 1.82) is 0 Å². The van der Waals surface area contributed by atoms with Crippen LogP contribution in [0.5, 0.6) is 5.75 Å². The zero-order valence-electron chi connectivity index (χ0n) is 10.7. The molecule has 0 saturated carbocycles. The Hall–Kier alpha value is -2.88. The molecule has 0 saturated heterocycles. The van der Waals surface area contributed by atoms with Crippen molar-refractivity contribution in [3.05, 3.63) is 71.8 Å². The Morgan fingerprint density at radius 3 is 2.40 bits per heavy atom. The quantitative estimate of drug-likeness (QED) is 0.507. The van der Waals surface area contributed by atoms with E-state index in [1.54, 1.807) is 30.3 Å². The Kier molecular flexibility index (Phi) is 4.67. The standard InChI is InChI=1S/C16H14N2O2/c19-15-9-6-14(7-10-15)12-17-18-16(20)11-8-13-4-2-1-3-5-13/h1-12,19H,(H,18,20)/b11-8+,17-12+. The zero-order valence-corrected chi connectivity index (χ0v) is 10.7. The third-order valence-corrected chi connectivity index (χ3v) is 2.51. The molecule has 2 aromatic rings. The Morgan fingerprint density at radius 2 is 1.70 bits per heavy atom. The lowest BCUT2D eigenvalue weighted by atomic mass is 10.2. The number of aromatic hydroxyl groups is 1. The minimum absolute atomic E-state index is 0.192. The van der Waals surface area contributed by atoms with Gasteiger partial charge in [-0.3, -0.25) is 4.79 Å². The maximum absolute atomic E-state index is 11.5. The average Bonchev–Trinajstić information content (AvgIpc) is 2.48. The van der Waals surface area contributed by atoms with Crippen molar-refractivity contribution >= 4 is 18.2 Å². The summed E-state index contributed by atoms with van der Waals surface area (Å²) in [4.78, 5) is 11.5. The fraction of sp³-hybridized carbons (Fsp3) is 0. The molecule has 0 unspecified atom stereocenters. The van der Waals surface area contributed by atoms with Crippen LogP contribution in [0.4, 0.5) is 0 Å². The third kappa shape index (κ3) is 4.42. The van der Waals surface area contributed by atoms with Gasteiger partial charge in [0, 0.05) is 6.08 Å². The molecule has 2 aromatic carbocycles. The molecule has 2 N–H and O–H groups in total. The highest BCUT2D eigenvalue weighted by atomic mass is 16.3. The van der Waals surface area contributed by atoms with E-state index in [1.807, 2.05) is 30.3 Å². The monoisotopic (exact) mass is 266 g/mol. The van der Waals surface area contributed by atoms with Crippen LogP contribution < -0.4 is 5.43 Å². The summed E-state index contributed by atoms with van der Waals surface area (Å²) in [5.41, 5.74) is 4.13. The fourth-order valence-electron chi connectivity index (χ4n) is 1.50. The van der Waals surface area contributed by atoms with Crippen molar-refractivity contribution in [3.8, 4) is 5.75 Å². The molecule has 4 heteroatoms. The highest BCUT2D eigenvalue weighted by Gasteiger charge is 1.92. The van der Waals surface area contributed by atoms with Crippen molar-refractivity contribution in [2.45, 2.75) is 0 Å². The molecule has 0 radical (unpaired) electrons. The zero-order chi connectivity index (χ0) is 14.2. The first-order chi connectivity index (χ1) is 9.74. The number of carbonyl (C=O) groups excluding carboxylic acids is 1. The number of carbonyl (C=O) groups is 1. The van der Waals surface area contributed by atoms with Crippen molar-refractivity contribution < 1.29 is 9.90 Å². The number of phenolic OH excluding ortho intramolecular Hbond substituents is 1. The second-order valence-electron chi connectivity index (χ2n) is 4.07. The second-order valence-corrected chi connectivity index (χ2v) is 4.07. The highest BCUT2D eigenvalue weighted by molar-refractivity contribution is 5.92. The van der Waals surface area contributed by atoms with Crippen molar-refractivity contribution in [2.24, 2.45) is 5.10 Å². The van der Waals surface area contributed by atoms with Crippen LogP contribution in [0.25, 0.3) is 6.08 Å². The van der Waals surface area contributed by atoms with Crippen LogP contribution >= 0.6 is 0 Å². The van der Waals surface area contributed by atoms with Gasteiger partial charge in [0.15, 0.2) is 0 Å². The van der Waals surface area contributed by atoms with E-state index in [9.17, 15) is 4.79 Å². The molecular weight excluding hydrogens is 252 g/mol. The summed E-state index contributed by atoms with van der Waals surface area (Å²) in [6, 6.07) is 16.0. The van der Waals surface area contributed by atoms with Gasteiger partial charge in [0.25, 0.3) is 5.91 Å². The van der Waals surface area contributed by atoms with Gasteiger partial charge in [-0.05, 0) is 41.5 Å². The molecule has 1 amide bonds. The van der Waals surface area contributed by atoms with E-state index in [0.29, 0.717) is 0 Å². The van der Waals surface area contributed by atoms with Gasteiger partial charge >= 0.3 is 0 Å². The fourth-order valence-corrected chi connectivity index (χ4v) is 1.50. The molecule has 0 aliphatic rings. The van der Waals surface area contributed by atoms with E-state index in [4.69, 9.17) is 5.11 Å². The van der Waals surface area contributed by atoms with Crippen LogP contribution in [-0.4, -0.2) is 17.2 Å². The van der Waals surface area contributed by atoms with Crippen LogP contribution in [0.1, 0.15) is 11.1 Å². The number of hydrogen-bond donors (Lipinski definition) is 2. The van der Waals surface area contributed by atoms with Crippen LogP contribution in [-0.2, 0) is 4.79 Å². The largest absolute Gasteiger partial charge is 0.508 e. The van der Waals surface area contributed by atoms with Crippen molar-refractivity contribution in [3.63, 3.8) is 0 Å². The van der Waals surface area contributed by atoms with Crippen molar-refractivity contribution in [2.75, 3.05) is 0 Å².